The molecule has 0 spiro atoms. The van der Waals surface area contributed by atoms with Crippen molar-refractivity contribution in [3.63, 3.8) is 0 Å². The highest BCUT2D eigenvalue weighted by Crippen LogP contribution is 2.30. The maximum absolute atomic E-state index is 8.88. The van der Waals surface area contributed by atoms with Gasteiger partial charge < -0.3 is 9.26 Å². The van der Waals surface area contributed by atoms with E-state index in [0.29, 0.717) is 31.2 Å². The minimum atomic E-state index is -0.547. The number of hydrogen-bond donors (Lipinski definition) is 0. The number of ether oxygens (including phenoxy) is 1. The lowest BCUT2D eigenvalue weighted by Crippen LogP contribution is -2.23. The maximum atomic E-state index is 8.88. The Labute approximate surface area is 115 Å². The number of nitriles is 1. The minimum Gasteiger partial charge on any atom is -0.368 e. The first-order valence-corrected chi connectivity index (χ1v) is 6.71. The van der Waals surface area contributed by atoms with Gasteiger partial charge in [-0.05, 0) is 32.6 Å². The maximum Gasteiger partial charge on any atom is 0.227 e. The molecular weight excluding hydrogens is 242 g/mol. The van der Waals surface area contributed by atoms with Crippen LogP contribution in [0.2, 0.25) is 0 Å². The van der Waals surface area contributed by atoms with Gasteiger partial charge in [-0.1, -0.05) is 19.0 Å². The Morgan fingerprint density at radius 1 is 1.32 bits per heavy atom. The third-order valence-electron chi connectivity index (χ3n) is 3.45. The Balaban J connectivity index is 2.83. The van der Waals surface area contributed by atoms with Crippen molar-refractivity contribution in [3.05, 3.63) is 11.7 Å². The lowest BCUT2D eigenvalue weighted by molar-refractivity contribution is -0.0221. The molecule has 1 unspecified atom stereocenters. The fraction of sp³-hybridized carbons (Fsp3) is 0.786. The molecule has 0 aromatic carbocycles. The summed E-state index contributed by atoms with van der Waals surface area (Å²) in [6.07, 6.45) is 2.00. The first kappa shape index (κ1) is 15.6. The summed E-state index contributed by atoms with van der Waals surface area (Å²) in [5.74, 6) is 1.13. The Kier molecular flexibility index (Phi) is 5.07. The summed E-state index contributed by atoms with van der Waals surface area (Å²) < 4.78 is 10.9. The summed E-state index contributed by atoms with van der Waals surface area (Å²) in [5, 5.41) is 12.9. The molecule has 0 aliphatic carbocycles. The van der Waals surface area contributed by atoms with Crippen LogP contribution in [0.3, 0.4) is 0 Å². The van der Waals surface area contributed by atoms with Crippen LogP contribution in [0.5, 0.6) is 0 Å². The van der Waals surface area contributed by atoms with E-state index in [1.54, 1.807) is 0 Å². The van der Waals surface area contributed by atoms with Crippen LogP contribution in [0, 0.1) is 16.7 Å². The smallest absolute Gasteiger partial charge is 0.227 e. The SMILES string of the molecule is CCOC(C)(C)c1noc(CC(C)(CC)CC#N)n1. The van der Waals surface area contributed by atoms with Gasteiger partial charge in [-0.15, -0.1) is 0 Å². The van der Waals surface area contributed by atoms with Crippen LogP contribution in [-0.2, 0) is 16.8 Å². The highest BCUT2D eigenvalue weighted by atomic mass is 16.5. The van der Waals surface area contributed by atoms with Crippen LogP contribution in [0.4, 0.5) is 0 Å². The predicted molar refractivity (Wildman–Crippen MR) is 71.3 cm³/mol. The normalized spacial score (nSPS) is 14.9. The highest BCUT2D eigenvalue weighted by Gasteiger charge is 2.30. The van der Waals surface area contributed by atoms with Crippen molar-refractivity contribution in [2.45, 2.75) is 59.5 Å². The van der Waals surface area contributed by atoms with Crippen molar-refractivity contribution in [2.75, 3.05) is 6.61 Å². The molecule has 0 amide bonds. The predicted octanol–water partition coefficient (Wildman–Crippen LogP) is 3.21. The topological polar surface area (TPSA) is 71.9 Å². The lowest BCUT2D eigenvalue weighted by atomic mass is 9.81. The van der Waals surface area contributed by atoms with Crippen molar-refractivity contribution >= 4 is 0 Å². The zero-order valence-corrected chi connectivity index (χ0v) is 12.5. The van der Waals surface area contributed by atoms with E-state index >= 15 is 0 Å². The summed E-state index contributed by atoms with van der Waals surface area (Å²) in [7, 11) is 0. The standard InChI is InChI=1S/C14H23N3O2/c1-6-14(5,8-9-15)10-11-16-12(17-19-11)13(3,4)18-7-2/h6-8,10H2,1-5H3. The molecule has 0 saturated carbocycles. The van der Waals surface area contributed by atoms with Crippen LogP contribution in [0.1, 0.15) is 59.2 Å². The van der Waals surface area contributed by atoms with E-state index in [9.17, 15) is 0 Å². The second kappa shape index (κ2) is 6.16. The van der Waals surface area contributed by atoms with Crippen LogP contribution in [0.15, 0.2) is 4.52 Å². The molecule has 5 heteroatoms. The first-order chi connectivity index (χ1) is 8.87. The van der Waals surface area contributed by atoms with Gasteiger partial charge in [0.25, 0.3) is 0 Å². The van der Waals surface area contributed by atoms with E-state index in [2.05, 4.69) is 30.1 Å². The monoisotopic (exact) mass is 265 g/mol. The van der Waals surface area contributed by atoms with E-state index in [1.165, 1.54) is 0 Å². The molecule has 19 heavy (non-hydrogen) atoms. The van der Waals surface area contributed by atoms with Gasteiger partial charge in [-0.2, -0.15) is 10.2 Å². The molecule has 1 aromatic rings. The van der Waals surface area contributed by atoms with Crippen molar-refractivity contribution < 1.29 is 9.26 Å². The quantitative estimate of drug-likeness (QED) is 0.757. The van der Waals surface area contributed by atoms with Gasteiger partial charge in [0.1, 0.15) is 5.60 Å². The van der Waals surface area contributed by atoms with Gasteiger partial charge in [0.15, 0.2) is 0 Å². The average molecular weight is 265 g/mol. The Morgan fingerprint density at radius 3 is 2.53 bits per heavy atom. The summed E-state index contributed by atoms with van der Waals surface area (Å²) in [6, 6.07) is 2.22. The van der Waals surface area contributed by atoms with E-state index in [4.69, 9.17) is 14.5 Å². The zero-order chi connectivity index (χ0) is 14.5. The van der Waals surface area contributed by atoms with E-state index in [-0.39, 0.29) is 5.41 Å². The van der Waals surface area contributed by atoms with Crippen LogP contribution < -0.4 is 0 Å². The summed E-state index contributed by atoms with van der Waals surface area (Å²) in [6.45, 7) is 10.5. The third-order valence-corrected chi connectivity index (χ3v) is 3.45. The highest BCUT2D eigenvalue weighted by molar-refractivity contribution is 5.00. The van der Waals surface area contributed by atoms with Crippen molar-refractivity contribution in [1.82, 2.24) is 10.1 Å². The molecule has 1 aromatic heterocycles. The molecule has 0 bridgehead atoms. The van der Waals surface area contributed by atoms with Gasteiger partial charge in [-0.25, -0.2) is 0 Å². The lowest BCUT2D eigenvalue weighted by Gasteiger charge is -2.22. The summed E-state index contributed by atoms with van der Waals surface area (Å²) in [4.78, 5) is 4.40. The largest absolute Gasteiger partial charge is 0.368 e. The van der Waals surface area contributed by atoms with Gasteiger partial charge in [0.2, 0.25) is 11.7 Å². The molecule has 0 saturated heterocycles. The van der Waals surface area contributed by atoms with E-state index in [0.717, 1.165) is 6.42 Å². The Hall–Kier alpha value is -1.41. The Bertz CT molecular complexity index is 448. The number of hydrogen-bond acceptors (Lipinski definition) is 5. The van der Waals surface area contributed by atoms with Crippen LogP contribution in [-0.4, -0.2) is 16.7 Å². The van der Waals surface area contributed by atoms with E-state index in [1.807, 2.05) is 20.8 Å². The van der Waals surface area contributed by atoms with Gasteiger partial charge >= 0.3 is 0 Å². The second-order valence-electron chi connectivity index (χ2n) is 5.63. The summed E-state index contributed by atoms with van der Waals surface area (Å²) >= 11 is 0. The van der Waals surface area contributed by atoms with E-state index < -0.39 is 5.60 Å². The van der Waals surface area contributed by atoms with Gasteiger partial charge in [-0.3, -0.25) is 0 Å². The molecule has 0 aliphatic heterocycles. The van der Waals surface area contributed by atoms with Crippen molar-refractivity contribution in [2.24, 2.45) is 5.41 Å². The molecular formula is C14H23N3O2. The van der Waals surface area contributed by atoms with Gasteiger partial charge in [0.05, 0.1) is 6.07 Å². The molecule has 1 atom stereocenters. The molecule has 0 fully saturated rings. The fourth-order valence-electron chi connectivity index (χ4n) is 1.87. The van der Waals surface area contributed by atoms with Crippen LogP contribution in [0.25, 0.3) is 0 Å². The molecule has 5 nitrogen and oxygen atoms in total. The average Bonchev–Trinajstić information content (AvgIpc) is 2.78. The number of aromatic nitrogens is 2. The molecule has 0 radical (unpaired) electrons. The Morgan fingerprint density at radius 2 is 2.00 bits per heavy atom. The second-order valence-corrected chi connectivity index (χ2v) is 5.63. The first-order valence-electron chi connectivity index (χ1n) is 6.71. The number of rotatable bonds is 7. The molecule has 0 aliphatic rings. The van der Waals surface area contributed by atoms with Crippen LogP contribution >= 0.6 is 0 Å². The fourth-order valence-corrected chi connectivity index (χ4v) is 1.87. The van der Waals surface area contributed by atoms with Crippen molar-refractivity contribution in [1.29, 1.82) is 5.26 Å². The third kappa shape index (κ3) is 4.03. The molecule has 1 rings (SSSR count). The molecule has 0 N–H and O–H groups in total. The summed E-state index contributed by atoms with van der Waals surface area (Å²) in [5.41, 5.74) is -0.664. The zero-order valence-electron chi connectivity index (χ0n) is 12.5. The molecule has 1 heterocycles. The number of nitrogens with zero attached hydrogens (tertiary/aromatic N) is 3. The minimum absolute atomic E-state index is 0.117. The van der Waals surface area contributed by atoms with Gasteiger partial charge in [0, 0.05) is 19.4 Å². The van der Waals surface area contributed by atoms with Crippen molar-refractivity contribution in [3.8, 4) is 6.07 Å². The molecule has 106 valence electrons.